The first-order valence-electron chi connectivity index (χ1n) is 8.55. The number of amides is 2. The second-order valence-corrected chi connectivity index (χ2v) is 6.74. The lowest BCUT2D eigenvalue weighted by Crippen LogP contribution is -2.63. The minimum atomic E-state index is -0.254. The molecule has 0 radical (unpaired) electrons. The van der Waals surface area contributed by atoms with Gasteiger partial charge in [0.25, 0.3) is 5.91 Å². The van der Waals surface area contributed by atoms with Crippen LogP contribution in [0.4, 0.5) is 0 Å². The third-order valence-corrected chi connectivity index (χ3v) is 5.06. The number of carbonyl (C=O) groups is 2. The first-order chi connectivity index (χ1) is 11.6. The van der Waals surface area contributed by atoms with Crippen LogP contribution < -0.4 is 0 Å². The molecule has 0 N–H and O–H groups in total. The molecule has 6 nitrogen and oxygen atoms in total. The fourth-order valence-corrected chi connectivity index (χ4v) is 3.90. The average molecular weight is 328 g/mol. The van der Waals surface area contributed by atoms with Gasteiger partial charge in [-0.15, -0.1) is 6.58 Å². The van der Waals surface area contributed by atoms with Gasteiger partial charge in [0.1, 0.15) is 5.69 Å². The molecule has 0 aromatic carbocycles. The van der Waals surface area contributed by atoms with Crippen LogP contribution in [-0.4, -0.2) is 56.8 Å². The molecule has 0 saturated carbocycles. The Labute approximate surface area is 142 Å². The predicted molar refractivity (Wildman–Crippen MR) is 90.4 cm³/mol. The van der Waals surface area contributed by atoms with Crippen LogP contribution in [0.5, 0.6) is 0 Å². The Balaban J connectivity index is 1.82. The van der Waals surface area contributed by atoms with Gasteiger partial charge in [0.05, 0.1) is 17.4 Å². The lowest BCUT2D eigenvalue weighted by Gasteiger charge is -2.51. The van der Waals surface area contributed by atoms with E-state index in [1.807, 2.05) is 16.7 Å². The van der Waals surface area contributed by atoms with Gasteiger partial charge in [0.2, 0.25) is 5.91 Å². The van der Waals surface area contributed by atoms with Crippen LogP contribution in [0.3, 0.4) is 0 Å². The van der Waals surface area contributed by atoms with Crippen molar-refractivity contribution in [2.24, 2.45) is 0 Å². The SMILES string of the molecule is C=CCN1C(=O)CCC[C@]12CCCN(C(=O)c1cnc(C)cn1)C2. The van der Waals surface area contributed by atoms with Gasteiger partial charge in [-0.2, -0.15) is 0 Å². The molecular weight excluding hydrogens is 304 g/mol. The van der Waals surface area contributed by atoms with Crippen molar-refractivity contribution < 1.29 is 9.59 Å². The summed E-state index contributed by atoms with van der Waals surface area (Å²) in [7, 11) is 0. The molecule has 128 valence electrons. The Morgan fingerprint density at radius 2 is 2.12 bits per heavy atom. The molecule has 24 heavy (non-hydrogen) atoms. The molecule has 2 aliphatic rings. The maximum atomic E-state index is 12.8. The summed E-state index contributed by atoms with van der Waals surface area (Å²) in [5, 5.41) is 0. The van der Waals surface area contributed by atoms with Crippen molar-refractivity contribution in [2.75, 3.05) is 19.6 Å². The van der Waals surface area contributed by atoms with Gasteiger partial charge < -0.3 is 9.80 Å². The summed E-state index contributed by atoms with van der Waals surface area (Å²) < 4.78 is 0. The van der Waals surface area contributed by atoms with E-state index in [4.69, 9.17) is 0 Å². The Morgan fingerprint density at radius 1 is 1.33 bits per heavy atom. The van der Waals surface area contributed by atoms with Crippen molar-refractivity contribution in [2.45, 2.75) is 44.6 Å². The molecule has 0 bridgehead atoms. The number of aryl methyl sites for hydroxylation is 1. The van der Waals surface area contributed by atoms with Crippen molar-refractivity contribution in [3.63, 3.8) is 0 Å². The first-order valence-corrected chi connectivity index (χ1v) is 8.55. The van der Waals surface area contributed by atoms with E-state index in [1.54, 1.807) is 12.3 Å². The molecule has 2 aliphatic heterocycles. The number of piperidine rings is 2. The summed E-state index contributed by atoms with van der Waals surface area (Å²) in [5.74, 6) is 0.0729. The maximum Gasteiger partial charge on any atom is 0.274 e. The van der Waals surface area contributed by atoms with Gasteiger partial charge in [-0.1, -0.05) is 6.08 Å². The number of hydrogen-bond acceptors (Lipinski definition) is 4. The van der Waals surface area contributed by atoms with Gasteiger partial charge in [-0.05, 0) is 32.6 Å². The molecule has 1 atom stereocenters. The predicted octanol–water partition coefficient (Wildman–Crippen LogP) is 1.96. The van der Waals surface area contributed by atoms with Gasteiger partial charge >= 0.3 is 0 Å². The van der Waals surface area contributed by atoms with Crippen molar-refractivity contribution >= 4 is 11.8 Å². The van der Waals surface area contributed by atoms with Crippen LogP contribution in [0.2, 0.25) is 0 Å². The lowest BCUT2D eigenvalue weighted by atomic mass is 9.79. The number of nitrogens with zero attached hydrogens (tertiary/aromatic N) is 4. The molecule has 3 heterocycles. The molecule has 1 aromatic heterocycles. The Bertz CT molecular complexity index is 639. The average Bonchev–Trinajstić information content (AvgIpc) is 2.59. The molecule has 1 aromatic rings. The van der Waals surface area contributed by atoms with Gasteiger partial charge in [-0.25, -0.2) is 4.98 Å². The normalized spacial score (nSPS) is 24.3. The van der Waals surface area contributed by atoms with E-state index in [9.17, 15) is 9.59 Å². The summed E-state index contributed by atoms with van der Waals surface area (Å²) in [5.41, 5.74) is 0.905. The highest BCUT2D eigenvalue weighted by Crippen LogP contribution is 2.37. The Kier molecular flexibility index (Phi) is 4.64. The molecule has 6 heteroatoms. The Morgan fingerprint density at radius 3 is 2.83 bits per heavy atom. The number of carbonyl (C=O) groups excluding carboxylic acids is 2. The fraction of sp³-hybridized carbons (Fsp3) is 0.556. The van der Waals surface area contributed by atoms with Crippen molar-refractivity contribution in [3.8, 4) is 0 Å². The number of aromatic nitrogens is 2. The zero-order valence-corrected chi connectivity index (χ0v) is 14.2. The first kappa shape index (κ1) is 16.6. The van der Waals surface area contributed by atoms with Crippen molar-refractivity contribution in [1.82, 2.24) is 19.8 Å². The van der Waals surface area contributed by atoms with Crippen LogP contribution in [0.15, 0.2) is 25.0 Å². The Hall–Kier alpha value is -2.24. The summed E-state index contributed by atoms with van der Waals surface area (Å²) >= 11 is 0. The smallest absolute Gasteiger partial charge is 0.274 e. The van der Waals surface area contributed by atoms with Crippen molar-refractivity contribution in [3.05, 3.63) is 36.4 Å². The molecule has 2 amide bonds. The monoisotopic (exact) mass is 328 g/mol. The van der Waals surface area contributed by atoms with Crippen LogP contribution in [0, 0.1) is 6.92 Å². The van der Waals surface area contributed by atoms with Crippen LogP contribution in [0.1, 0.15) is 48.3 Å². The molecule has 3 rings (SSSR count). The largest absolute Gasteiger partial charge is 0.335 e. The minimum Gasteiger partial charge on any atom is -0.335 e. The van der Waals surface area contributed by atoms with Gasteiger partial charge in [0.15, 0.2) is 0 Å². The topological polar surface area (TPSA) is 66.4 Å². The summed E-state index contributed by atoms with van der Waals surface area (Å²) in [4.78, 5) is 37.3. The third-order valence-electron chi connectivity index (χ3n) is 5.06. The van der Waals surface area contributed by atoms with E-state index in [0.29, 0.717) is 31.7 Å². The zero-order valence-electron chi connectivity index (χ0n) is 14.2. The quantitative estimate of drug-likeness (QED) is 0.796. The number of hydrogen-bond donors (Lipinski definition) is 0. The molecular formula is C18H24N4O2. The highest BCUT2D eigenvalue weighted by Gasteiger charge is 2.45. The van der Waals surface area contributed by atoms with E-state index >= 15 is 0 Å². The molecule has 0 aliphatic carbocycles. The van der Waals surface area contributed by atoms with E-state index in [2.05, 4.69) is 16.5 Å². The zero-order chi connectivity index (χ0) is 17.2. The molecule has 2 saturated heterocycles. The van der Waals surface area contributed by atoms with E-state index in [0.717, 1.165) is 31.4 Å². The van der Waals surface area contributed by atoms with E-state index in [1.165, 1.54) is 6.20 Å². The number of likely N-dealkylation sites (tertiary alicyclic amines) is 2. The lowest BCUT2D eigenvalue weighted by molar-refractivity contribution is -0.143. The molecule has 2 fully saturated rings. The molecule has 1 spiro atoms. The highest BCUT2D eigenvalue weighted by molar-refractivity contribution is 5.92. The van der Waals surface area contributed by atoms with Crippen molar-refractivity contribution in [1.29, 1.82) is 0 Å². The summed E-state index contributed by atoms with van der Waals surface area (Å²) in [6, 6.07) is 0. The molecule has 0 unspecified atom stereocenters. The summed E-state index contributed by atoms with van der Waals surface area (Å²) in [6.45, 7) is 7.45. The van der Waals surface area contributed by atoms with Crippen LogP contribution >= 0.6 is 0 Å². The van der Waals surface area contributed by atoms with Gasteiger partial charge in [0, 0.05) is 32.3 Å². The van der Waals surface area contributed by atoms with Crippen LogP contribution in [-0.2, 0) is 4.79 Å². The number of rotatable bonds is 3. The second kappa shape index (κ2) is 6.71. The van der Waals surface area contributed by atoms with Gasteiger partial charge in [-0.3, -0.25) is 14.6 Å². The standard InChI is InChI=1S/C18H24N4O2/c1-3-9-22-16(23)6-4-7-18(22)8-5-10-21(13-18)17(24)15-12-19-14(2)11-20-15/h3,11-12H,1,4-10,13H2,2H3/t18-/m1/s1. The summed E-state index contributed by atoms with van der Waals surface area (Å²) in [6.07, 6.45) is 9.18. The maximum absolute atomic E-state index is 12.8. The van der Waals surface area contributed by atoms with E-state index in [-0.39, 0.29) is 17.4 Å². The minimum absolute atomic E-state index is 0.0989. The third kappa shape index (κ3) is 3.05. The highest BCUT2D eigenvalue weighted by atomic mass is 16.2. The van der Waals surface area contributed by atoms with E-state index < -0.39 is 0 Å². The fourth-order valence-electron chi connectivity index (χ4n) is 3.90. The van der Waals surface area contributed by atoms with Crippen LogP contribution in [0.25, 0.3) is 0 Å². The second-order valence-electron chi connectivity index (χ2n) is 6.74.